The van der Waals surface area contributed by atoms with Gasteiger partial charge >= 0.3 is 6.03 Å². The van der Waals surface area contributed by atoms with Gasteiger partial charge in [-0.25, -0.2) is 9.78 Å². The van der Waals surface area contributed by atoms with Crippen LogP contribution in [0, 0.1) is 0 Å². The van der Waals surface area contributed by atoms with Crippen molar-refractivity contribution in [2.24, 2.45) is 11.5 Å². The standard InChI is InChI=1S/C12H19N5O3S/c1-15-10(19)7(4-2-3-5-16-12(14)20)11-17-8(6-21-11)9(13)18/h6-7H,2-5H2,1H3,(H2,13,18)(H,15,19)(H3,14,16,20)/t7-/m0/s1. The van der Waals surface area contributed by atoms with Gasteiger partial charge in [0.25, 0.3) is 5.91 Å². The Morgan fingerprint density at radius 2 is 2.05 bits per heavy atom. The maximum atomic E-state index is 11.9. The SMILES string of the molecule is CNC(=O)[C@H](CCCCNC(N)=O)c1nc(C(N)=O)cs1. The Hall–Kier alpha value is -2.16. The van der Waals surface area contributed by atoms with Crippen LogP contribution in [-0.2, 0) is 4.79 Å². The zero-order valence-electron chi connectivity index (χ0n) is 11.7. The average molecular weight is 313 g/mol. The first-order chi connectivity index (χ1) is 9.95. The third kappa shape index (κ3) is 5.38. The highest BCUT2D eigenvalue weighted by molar-refractivity contribution is 7.10. The first kappa shape index (κ1) is 16.9. The largest absolute Gasteiger partial charge is 0.364 e. The van der Waals surface area contributed by atoms with E-state index in [0.29, 0.717) is 30.8 Å². The molecule has 0 spiro atoms. The molecule has 6 N–H and O–H groups in total. The van der Waals surface area contributed by atoms with E-state index in [0.717, 1.165) is 0 Å². The molecule has 9 heteroatoms. The fraction of sp³-hybridized carbons (Fsp3) is 0.500. The van der Waals surface area contributed by atoms with Gasteiger partial charge < -0.3 is 22.1 Å². The molecule has 4 amide bonds. The molecule has 0 aliphatic carbocycles. The molecule has 1 aromatic heterocycles. The van der Waals surface area contributed by atoms with Gasteiger partial charge in [0.05, 0.1) is 5.92 Å². The molecular formula is C12H19N5O3S. The average Bonchev–Trinajstić information content (AvgIpc) is 2.91. The summed E-state index contributed by atoms with van der Waals surface area (Å²) in [5.74, 6) is -1.20. The van der Waals surface area contributed by atoms with Gasteiger partial charge in [0.1, 0.15) is 10.7 Å². The van der Waals surface area contributed by atoms with Gasteiger partial charge in [-0.3, -0.25) is 9.59 Å². The van der Waals surface area contributed by atoms with E-state index in [4.69, 9.17) is 11.5 Å². The van der Waals surface area contributed by atoms with Gasteiger partial charge in [0.2, 0.25) is 5.91 Å². The third-order valence-corrected chi connectivity index (χ3v) is 3.81. The summed E-state index contributed by atoms with van der Waals surface area (Å²) in [4.78, 5) is 37.6. The number of rotatable bonds is 8. The van der Waals surface area contributed by atoms with E-state index >= 15 is 0 Å². The molecule has 21 heavy (non-hydrogen) atoms. The molecule has 1 aromatic rings. The Morgan fingerprint density at radius 1 is 1.33 bits per heavy atom. The van der Waals surface area contributed by atoms with Gasteiger partial charge in [-0.2, -0.15) is 0 Å². The van der Waals surface area contributed by atoms with Crippen LogP contribution in [0.4, 0.5) is 4.79 Å². The molecule has 0 aromatic carbocycles. The second kappa shape index (κ2) is 8.20. The van der Waals surface area contributed by atoms with Crippen molar-refractivity contribution >= 4 is 29.2 Å². The van der Waals surface area contributed by atoms with Crippen LogP contribution < -0.4 is 22.1 Å². The highest BCUT2D eigenvalue weighted by atomic mass is 32.1. The van der Waals surface area contributed by atoms with E-state index in [-0.39, 0.29) is 11.6 Å². The van der Waals surface area contributed by atoms with Crippen LogP contribution in [-0.4, -0.2) is 36.4 Å². The van der Waals surface area contributed by atoms with Crippen molar-refractivity contribution in [2.75, 3.05) is 13.6 Å². The maximum absolute atomic E-state index is 11.9. The predicted molar refractivity (Wildman–Crippen MR) is 78.9 cm³/mol. The number of carbonyl (C=O) groups is 3. The number of unbranched alkanes of at least 4 members (excludes halogenated alkanes) is 1. The maximum Gasteiger partial charge on any atom is 0.312 e. The number of primary amides is 2. The molecular weight excluding hydrogens is 294 g/mol. The van der Waals surface area contributed by atoms with Crippen molar-refractivity contribution in [3.8, 4) is 0 Å². The molecule has 1 rings (SSSR count). The highest BCUT2D eigenvalue weighted by Crippen LogP contribution is 2.25. The first-order valence-electron chi connectivity index (χ1n) is 6.45. The third-order valence-electron chi connectivity index (χ3n) is 2.85. The van der Waals surface area contributed by atoms with Crippen molar-refractivity contribution < 1.29 is 14.4 Å². The van der Waals surface area contributed by atoms with E-state index in [2.05, 4.69) is 15.6 Å². The molecule has 0 saturated heterocycles. The summed E-state index contributed by atoms with van der Waals surface area (Å²) in [5, 5.41) is 7.17. The van der Waals surface area contributed by atoms with Crippen LogP contribution in [0.15, 0.2) is 5.38 Å². The minimum Gasteiger partial charge on any atom is -0.364 e. The zero-order chi connectivity index (χ0) is 15.8. The second-order valence-electron chi connectivity index (χ2n) is 4.39. The lowest BCUT2D eigenvalue weighted by atomic mass is 10.0. The van der Waals surface area contributed by atoms with E-state index in [1.165, 1.54) is 11.3 Å². The molecule has 0 bridgehead atoms. The second-order valence-corrected chi connectivity index (χ2v) is 5.28. The number of likely N-dealkylation sites (N-methyl/N-ethyl adjacent to an activating group) is 1. The van der Waals surface area contributed by atoms with E-state index in [9.17, 15) is 14.4 Å². The van der Waals surface area contributed by atoms with Crippen LogP contribution in [0.2, 0.25) is 0 Å². The summed E-state index contributed by atoms with van der Waals surface area (Å²) in [6.45, 7) is 0.459. The van der Waals surface area contributed by atoms with Crippen LogP contribution in [0.1, 0.15) is 40.7 Å². The van der Waals surface area contributed by atoms with Gasteiger partial charge in [-0.05, 0) is 12.8 Å². The molecule has 0 aliphatic heterocycles. The molecule has 0 aliphatic rings. The number of nitrogens with one attached hydrogen (secondary N) is 2. The number of nitrogens with zero attached hydrogens (tertiary/aromatic N) is 1. The Labute approximate surface area is 126 Å². The molecule has 1 heterocycles. The number of nitrogens with two attached hydrogens (primary N) is 2. The lowest BCUT2D eigenvalue weighted by Crippen LogP contribution is -2.30. The van der Waals surface area contributed by atoms with Crippen molar-refractivity contribution in [3.63, 3.8) is 0 Å². The van der Waals surface area contributed by atoms with E-state index < -0.39 is 17.9 Å². The quantitative estimate of drug-likeness (QED) is 0.498. The van der Waals surface area contributed by atoms with Gasteiger partial charge in [0, 0.05) is 19.0 Å². The number of hydrogen-bond donors (Lipinski definition) is 4. The summed E-state index contributed by atoms with van der Waals surface area (Å²) < 4.78 is 0. The highest BCUT2D eigenvalue weighted by Gasteiger charge is 2.23. The molecule has 0 fully saturated rings. The number of urea groups is 1. The number of carbonyl (C=O) groups excluding carboxylic acids is 3. The molecule has 0 radical (unpaired) electrons. The van der Waals surface area contributed by atoms with Crippen molar-refractivity contribution in [1.82, 2.24) is 15.6 Å². The molecule has 0 saturated carbocycles. The predicted octanol–water partition coefficient (Wildman–Crippen LogP) is -0.0898. The monoisotopic (exact) mass is 313 g/mol. The summed E-state index contributed by atoms with van der Waals surface area (Å²) in [5.41, 5.74) is 10.3. The number of thiazole rings is 1. The fourth-order valence-electron chi connectivity index (χ4n) is 1.79. The van der Waals surface area contributed by atoms with Gasteiger partial charge in [-0.1, -0.05) is 6.42 Å². The van der Waals surface area contributed by atoms with Crippen molar-refractivity contribution in [1.29, 1.82) is 0 Å². The Morgan fingerprint density at radius 3 is 2.57 bits per heavy atom. The molecule has 116 valence electrons. The summed E-state index contributed by atoms with van der Waals surface area (Å²) in [6, 6.07) is -0.566. The van der Waals surface area contributed by atoms with Crippen LogP contribution in [0.5, 0.6) is 0 Å². The number of hydrogen-bond acceptors (Lipinski definition) is 5. The van der Waals surface area contributed by atoms with Crippen LogP contribution in [0.3, 0.4) is 0 Å². The number of aromatic nitrogens is 1. The zero-order valence-corrected chi connectivity index (χ0v) is 12.5. The summed E-state index contributed by atoms with van der Waals surface area (Å²) in [6.07, 6.45) is 1.97. The van der Waals surface area contributed by atoms with Crippen molar-refractivity contribution in [2.45, 2.75) is 25.2 Å². The molecule has 8 nitrogen and oxygen atoms in total. The summed E-state index contributed by atoms with van der Waals surface area (Å²) in [7, 11) is 1.55. The Bertz CT molecular complexity index is 517. The van der Waals surface area contributed by atoms with E-state index in [1.807, 2.05) is 0 Å². The Kier molecular flexibility index (Phi) is 6.60. The fourth-order valence-corrected chi connectivity index (χ4v) is 2.73. The van der Waals surface area contributed by atoms with Gasteiger partial charge in [-0.15, -0.1) is 11.3 Å². The Balaban J connectivity index is 2.61. The normalized spacial score (nSPS) is 11.7. The molecule has 0 unspecified atom stereocenters. The minimum atomic E-state index is -0.612. The van der Waals surface area contributed by atoms with Gasteiger partial charge in [0.15, 0.2) is 0 Å². The van der Waals surface area contributed by atoms with E-state index in [1.54, 1.807) is 12.4 Å². The topological polar surface area (TPSA) is 140 Å². The van der Waals surface area contributed by atoms with Crippen molar-refractivity contribution in [3.05, 3.63) is 16.1 Å². The van der Waals surface area contributed by atoms with Crippen LogP contribution in [0.25, 0.3) is 0 Å². The lowest BCUT2D eigenvalue weighted by Gasteiger charge is -2.12. The first-order valence-corrected chi connectivity index (χ1v) is 7.33. The smallest absolute Gasteiger partial charge is 0.312 e. The molecule has 1 atom stereocenters. The van der Waals surface area contributed by atoms with Crippen LogP contribution >= 0.6 is 11.3 Å². The summed E-state index contributed by atoms with van der Waals surface area (Å²) >= 11 is 1.24. The minimum absolute atomic E-state index is 0.164. The number of amides is 4. The lowest BCUT2D eigenvalue weighted by molar-refractivity contribution is -0.122.